The van der Waals surface area contributed by atoms with Gasteiger partial charge in [-0.3, -0.25) is 14.9 Å². The van der Waals surface area contributed by atoms with Crippen LogP contribution in [0.2, 0.25) is 0 Å². The van der Waals surface area contributed by atoms with Gasteiger partial charge in [-0.25, -0.2) is 13.9 Å². The number of fused-ring (bicyclic) bond motifs is 1. The van der Waals surface area contributed by atoms with Crippen LogP contribution < -0.4 is 0 Å². The van der Waals surface area contributed by atoms with Crippen molar-refractivity contribution in [2.75, 3.05) is 0 Å². The van der Waals surface area contributed by atoms with Gasteiger partial charge in [0.05, 0.1) is 21.7 Å². The van der Waals surface area contributed by atoms with Crippen LogP contribution in [0.15, 0.2) is 54.9 Å². The molecule has 0 atom stereocenters. The summed E-state index contributed by atoms with van der Waals surface area (Å²) in [5, 5.41) is 25.6. The van der Waals surface area contributed by atoms with E-state index in [2.05, 4.69) is 10.1 Å². The lowest BCUT2D eigenvalue weighted by Crippen LogP contribution is -2.06. The predicted octanol–water partition coefficient (Wildman–Crippen LogP) is 3.69. The molecule has 1 N–H and O–H groups in total. The van der Waals surface area contributed by atoms with Crippen LogP contribution >= 0.6 is 0 Å². The quantitative estimate of drug-likeness (QED) is 0.322. The van der Waals surface area contributed by atoms with Crippen LogP contribution in [0.1, 0.15) is 21.5 Å². The third-order valence-corrected chi connectivity index (χ3v) is 4.47. The summed E-state index contributed by atoms with van der Waals surface area (Å²) in [6.07, 6.45) is 2.72. The Balaban J connectivity index is 1.75. The molecule has 9 heteroatoms. The molecule has 8 nitrogen and oxygen atoms in total. The SMILES string of the molecule is Cc1cc(O)c(C(=O)c2cnc3cc(-c4ccc(F)cc4)nn3c2)cc1[N+](=O)[O-]. The minimum atomic E-state index is -0.626. The van der Waals surface area contributed by atoms with Crippen molar-refractivity contribution in [3.8, 4) is 17.0 Å². The second kappa shape index (κ2) is 6.79. The lowest BCUT2D eigenvalue weighted by Gasteiger charge is -2.06. The van der Waals surface area contributed by atoms with Crippen molar-refractivity contribution in [2.45, 2.75) is 6.92 Å². The highest BCUT2D eigenvalue weighted by Gasteiger charge is 2.21. The minimum Gasteiger partial charge on any atom is -0.507 e. The third kappa shape index (κ3) is 3.29. The minimum absolute atomic E-state index is 0.0970. The van der Waals surface area contributed by atoms with Crippen molar-refractivity contribution in [1.29, 1.82) is 0 Å². The summed E-state index contributed by atoms with van der Waals surface area (Å²) in [7, 11) is 0. The normalized spacial score (nSPS) is 11.0. The third-order valence-electron chi connectivity index (χ3n) is 4.47. The fraction of sp³-hybridized carbons (Fsp3) is 0.0500. The Morgan fingerprint density at radius 3 is 2.62 bits per heavy atom. The highest BCUT2D eigenvalue weighted by Crippen LogP contribution is 2.29. The molecule has 2 aromatic heterocycles. The number of hydrogen-bond acceptors (Lipinski definition) is 6. The number of rotatable bonds is 4. The maximum absolute atomic E-state index is 13.1. The zero-order valence-electron chi connectivity index (χ0n) is 15.0. The summed E-state index contributed by atoms with van der Waals surface area (Å²) in [5.74, 6) is -1.35. The van der Waals surface area contributed by atoms with Gasteiger partial charge in [-0.1, -0.05) is 0 Å². The van der Waals surface area contributed by atoms with Crippen molar-refractivity contribution in [3.63, 3.8) is 0 Å². The molecule has 2 heterocycles. The predicted molar refractivity (Wildman–Crippen MR) is 101 cm³/mol. The average molecular weight is 392 g/mol. The maximum atomic E-state index is 13.1. The van der Waals surface area contributed by atoms with Gasteiger partial charge in [-0.05, 0) is 37.3 Å². The highest BCUT2D eigenvalue weighted by molar-refractivity contribution is 6.10. The highest BCUT2D eigenvalue weighted by atomic mass is 19.1. The van der Waals surface area contributed by atoms with Crippen LogP contribution in [0.25, 0.3) is 16.9 Å². The molecular formula is C20H13FN4O4. The van der Waals surface area contributed by atoms with Crippen molar-refractivity contribution < 1.29 is 19.2 Å². The number of aromatic nitrogens is 3. The van der Waals surface area contributed by atoms with Gasteiger partial charge in [-0.2, -0.15) is 5.10 Å². The number of ketones is 1. The van der Waals surface area contributed by atoms with E-state index in [0.717, 1.165) is 6.07 Å². The van der Waals surface area contributed by atoms with Crippen molar-refractivity contribution in [1.82, 2.24) is 14.6 Å². The van der Waals surface area contributed by atoms with Crippen LogP contribution in [0.5, 0.6) is 5.75 Å². The number of carbonyl (C=O) groups is 1. The molecule has 0 unspecified atom stereocenters. The second-order valence-corrected chi connectivity index (χ2v) is 6.42. The first kappa shape index (κ1) is 18.2. The van der Waals surface area contributed by atoms with E-state index in [1.807, 2.05) is 0 Å². The molecule has 0 fully saturated rings. The van der Waals surface area contributed by atoms with Crippen molar-refractivity contribution in [3.05, 3.63) is 87.5 Å². The van der Waals surface area contributed by atoms with Gasteiger partial charge in [0.15, 0.2) is 11.4 Å². The molecular weight excluding hydrogens is 379 g/mol. The zero-order valence-corrected chi connectivity index (χ0v) is 15.0. The van der Waals surface area contributed by atoms with Gasteiger partial charge in [0, 0.05) is 35.7 Å². The standard InChI is InChI=1S/C20H13FN4O4/c1-11-6-18(26)15(7-17(11)25(28)29)20(27)13-9-22-19-8-16(23-24(19)10-13)12-2-4-14(21)5-3-12/h2-10,26H,1H3. The number of halogens is 1. The number of benzene rings is 2. The van der Waals surface area contributed by atoms with Gasteiger partial charge in [0.25, 0.3) is 5.69 Å². The first-order valence-electron chi connectivity index (χ1n) is 8.47. The Labute approximate surface area is 163 Å². The number of nitro benzene ring substituents is 1. The Bertz CT molecular complexity index is 1280. The maximum Gasteiger partial charge on any atom is 0.273 e. The number of hydrogen-bond donors (Lipinski definition) is 1. The molecule has 0 bridgehead atoms. The van der Waals surface area contributed by atoms with Crippen LogP contribution in [0.4, 0.5) is 10.1 Å². The molecule has 0 aliphatic rings. The molecule has 0 radical (unpaired) electrons. The lowest BCUT2D eigenvalue weighted by molar-refractivity contribution is -0.385. The number of phenolic OH excluding ortho intramolecular Hbond substituents is 1. The number of aryl methyl sites for hydroxylation is 1. The summed E-state index contributed by atoms with van der Waals surface area (Å²) in [6.45, 7) is 1.47. The van der Waals surface area contributed by atoms with Gasteiger partial charge in [0.1, 0.15) is 11.6 Å². The molecule has 0 aliphatic heterocycles. The fourth-order valence-electron chi connectivity index (χ4n) is 2.97. The van der Waals surface area contributed by atoms with E-state index < -0.39 is 10.7 Å². The van der Waals surface area contributed by atoms with E-state index >= 15 is 0 Å². The summed E-state index contributed by atoms with van der Waals surface area (Å²) in [5.41, 5.74) is 1.55. The number of phenols is 1. The number of nitrogens with zero attached hydrogens (tertiary/aromatic N) is 4. The molecule has 0 saturated carbocycles. The first-order valence-corrected chi connectivity index (χ1v) is 8.47. The van der Waals surface area contributed by atoms with E-state index in [1.54, 1.807) is 18.2 Å². The van der Waals surface area contributed by atoms with Gasteiger partial charge < -0.3 is 5.11 Å². The van der Waals surface area contributed by atoms with Gasteiger partial charge in [-0.15, -0.1) is 0 Å². The molecule has 4 aromatic rings. The average Bonchev–Trinajstić information content (AvgIpc) is 3.11. The van der Waals surface area contributed by atoms with E-state index in [-0.39, 0.29) is 33.9 Å². The first-order chi connectivity index (χ1) is 13.8. The molecule has 4 rings (SSSR count). The Kier molecular flexibility index (Phi) is 4.27. The fourth-order valence-corrected chi connectivity index (χ4v) is 2.97. The number of nitro groups is 1. The van der Waals surface area contributed by atoms with Crippen molar-refractivity contribution in [2.24, 2.45) is 0 Å². The number of aromatic hydroxyl groups is 1. The Hall–Kier alpha value is -4.14. The van der Waals surface area contributed by atoms with Gasteiger partial charge >= 0.3 is 0 Å². The van der Waals surface area contributed by atoms with E-state index in [0.29, 0.717) is 16.9 Å². The van der Waals surface area contributed by atoms with Crippen molar-refractivity contribution >= 4 is 17.1 Å². The van der Waals surface area contributed by atoms with E-state index in [9.17, 15) is 24.4 Å². The summed E-state index contributed by atoms with van der Waals surface area (Å²) in [6, 6.07) is 9.68. The van der Waals surface area contributed by atoms with Crippen LogP contribution in [-0.4, -0.2) is 30.4 Å². The monoisotopic (exact) mass is 392 g/mol. The largest absolute Gasteiger partial charge is 0.507 e. The molecule has 0 aliphatic carbocycles. The topological polar surface area (TPSA) is 111 Å². The molecule has 2 aromatic carbocycles. The second-order valence-electron chi connectivity index (χ2n) is 6.42. The Morgan fingerprint density at radius 1 is 1.21 bits per heavy atom. The van der Waals surface area contributed by atoms with E-state index in [1.165, 1.54) is 42.0 Å². The van der Waals surface area contributed by atoms with Crippen LogP contribution in [-0.2, 0) is 0 Å². The Morgan fingerprint density at radius 2 is 1.93 bits per heavy atom. The molecule has 144 valence electrons. The molecule has 29 heavy (non-hydrogen) atoms. The summed E-state index contributed by atoms with van der Waals surface area (Å²) in [4.78, 5) is 27.5. The van der Waals surface area contributed by atoms with E-state index in [4.69, 9.17) is 0 Å². The van der Waals surface area contributed by atoms with Crippen LogP contribution in [0.3, 0.4) is 0 Å². The zero-order chi connectivity index (χ0) is 20.7. The smallest absolute Gasteiger partial charge is 0.273 e. The molecule has 0 spiro atoms. The van der Waals surface area contributed by atoms with Crippen LogP contribution in [0, 0.1) is 22.9 Å². The number of carbonyl (C=O) groups excluding carboxylic acids is 1. The summed E-state index contributed by atoms with van der Waals surface area (Å²) < 4.78 is 14.5. The lowest BCUT2D eigenvalue weighted by atomic mass is 10.0. The van der Waals surface area contributed by atoms with Gasteiger partial charge in [0.2, 0.25) is 0 Å². The summed E-state index contributed by atoms with van der Waals surface area (Å²) >= 11 is 0. The molecule has 0 saturated heterocycles. The molecule has 0 amide bonds.